The molecule has 0 heterocycles. The van der Waals surface area contributed by atoms with Crippen LogP contribution in [0.4, 0.5) is 5.69 Å². The molecule has 0 aliphatic heterocycles. The Hall–Kier alpha value is -2.21. The van der Waals surface area contributed by atoms with E-state index in [1.807, 2.05) is 6.07 Å². The van der Waals surface area contributed by atoms with Gasteiger partial charge in [0.2, 0.25) is 15.9 Å². The highest BCUT2D eigenvalue weighted by Gasteiger charge is 2.25. The number of nitriles is 1. The summed E-state index contributed by atoms with van der Waals surface area (Å²) in [5.74, 6) is -0.484. The van der Waals surface area contributed by atoms with Crippen LogP contribution in [-0.2, 0) is 14.8 Å². The predicted octanol–water partition coefficient (Wildman–Crippen LogP) is 2.58. The molecule has 0 atom stereocenters. The van der Waals surface area contributed by atoms with Gasteiger partial charge in [0.15, 0.2) is 0 Å². The van der Waals surface area contributed by atoms with Gasteiger partial charge in [0.1, 0.15) is 6.07 Å². The third kappa shape index (κ3) is 4.00. The minimum atomic E-state index is -3.94. The highest BCUT2D eigenvalue weighted by molar-refractivity contribution is 9.10. The van der Waals surface area contributed by atoms with E-state index in [4.69, 9.17) is 5.26 Å². The molecule has 0 bridgehead atoms. The number of sulfonamides is 1. The summed E-state index contributed by atoms with van der Waals surface area (Å²) in [7, 11) is -2.65. The smallest absolute Gasteiger partial charge is 0.244 e. The lowest BCUT2D eigenvalue weighted by atomic mass is 10.2. The van der Waals surface area contributed by atoms with Gasteiger partial charge < -0.3 is 5.32 Å². The van der Waals surface area contributed by atoms with Gasteiger partial charge in [-0.1, -0.05) is 24.3 Å². The van der Waals surface area contributed by atoms with Crippen molar-refractivity contribution in [1.82, 2.24) is 4.31 Å². The Kier molecular flexibility index (Phi) is 5.72. The fourth-order valence-electron chi connectivity index (χ4n) is 1.99. The molecular formula is C16H14BrN3O3S. The number of carbonyl (C=O) groups excluding carboxylic acids is 1. The molecule has 0 spiro atoms. The summed E-state index contributed by atoms with van der Waals surface area (Å²) in [6.07, 6.45) is 0. The number of hydrogen-bond acceptors (Lipinski definition) is 4. The van der Waals surface area contributed by atoms with E-state index in [0.717, 1.165) is 4.31 Å². The van der Waals surface area contributed by atoms with Gasteiger partial charge in [-0.25, -0.2) is 8.42 Å². The van der Waals surface area contributed by atoms with E-state index in [1.165, 1.54) is 25.2 Å². The monoisotopic (exact) mass is 407 g/mol. The highest BCUT2D eigenvalue weighted by atomic mass is 79.9. The van der Waals surface area contributed by atoms with E-state index in [0.29, 0.717) is 10.2 Å². The lowest BCUT2D eigenvalue weighted by Crippen LogP contribution is -2.35. The molecular weight excluding hydrogens is 394 g/mol. The van der Waals surface area contributed by atoms with Crippen LogP contribution in [0.1, 0.15) is 5.56 Å². The van der Waals surface area contributed by atoms with Gasteiger partial charge >= 0.3 is 0 Å². The van der Waals surface area contributed by atoms with Gasteiger partial charge in [-0.3, -0.25) is 4.79 Å². The summed E-state index contributed by atoms with van der Waals surface area (Å²) in [5, 5.41) is 11.7. The molecule has 1 amide bonds. The van der Waals surface area contributed by atoms with E-state index in [2.05, 4.69) is 21.2 Å². The molecule has 2 aromatic rings. The molecule has 2 aromatic carbocycles. The van der Waals surface area contributed by atoms with Crippen LogP contribution in [0.3, 0.4) is 0 Å². The average Bonchev–Trinajstić information content (AvgIpc) is 2.56. The van der Waals surface area contributed by atoms with Crippen LogP contribution in [-0.4, -0.2) is 32.2 Å². The van der Waals surface area contributed by atoms with E-state index >= 15 is 0 Å². The van der Waals surface area contributed by atoms with Gasteiger partial charge in [-0.15, -0.1) is 0 Å². The maximum atomic E-state index is 12.6. The normalized spacial score (nSPS) is 11.1. The SMILES string of the molecule is CN(CC(=O)Nc1ccccc1Br)S(=O)(=O)c1ccccc1C#N. The van der Waals surface area contributed by atoms with Gasteiger partial charge in [-0.2, -0.15) is 9.57 Å². The Balaban J connectivity index is 2.17. The summed E-state index contributed by atoms with van der Waals surface area (Å²) < 4.78 is 26.7. The van der Waals surface area contributed by atoms with Crippen LogP contribution in [0.2, 0.25) is 0 Å². The fraction of sp³-hybridized carbons (Fsp3) is 0.125. The number of para-hydroxylation sites is 1. The molecule has 2 rings (SSSR count). The average molecular weight is 408 g/mol. The number of hydrogen-bond donors (Lipinski definition) is 1. The van der Waals surface area contributed by atoms with E-state index in [1.54, 1.807) is 30.3 Å². The van der Waals surface area contributed by atoms with Crippen molar-refractivity contribution in [2.75, 3.05) is 18.9 Å². The first-order valence-corrected chi connectivity index (χ1v) is 9.09. The molecule has 1 N–H and O–H groups in total. The van der Waals surface area contributed by atoms with Crippen molar-refractivity contribution < 1.29 is 13.2 Å². The van der Waals surface area contributed by atoms with Crippen molar-refractivity contribution in [3.8, 4) is 6.07 Å². The number of nitrogens with one attached hydrogen (secondary N) is 1. The van der Waals surface area contributed by atoms with Crippen molar-refractivity contribution in [1.29, 1.82) is 5.26 Å². The molecule has 8 heteroatoms. The Morgan fingerprint density at radius 1 is 1.21 bits per heavy atom. The number of rotatable bonds is 5. The van der Waals surface area contributed by atoms with Crippen LogP contribution in [0.5, 0.6) is 0 Å². The van der Waals surface area contributed by atoms with Crippen molar-refractivity contribution in [2.24, 2.45) is 0 Å². The first-order valence-electron chi connectivity index (χ1n) is 6.86. The minimum absolute atomic E-state index is 0.0376. The maximum absolute atomic E-state index is 12.6. The lowest BCUT2D eigenvalue weighted by Gasteiger charge is -2.17. The Morgan fingerprint density at radius 3 is 2.50 bits per heavy atom. The molecule has 0 unspecified atom stereocenters. The topological polar surface area (TPSA) is 90.3 Å². The largest absolute Gasteiger partial charge is 0.324 e. The third-order valence-corrected chi connectivity index (χ3v) is 5.76. The summed E-state index contributed by atoms with van der Waals surface area (Å²) in [5.41, 5.74) is 0.585. The number of nitrogens with zero attached hydrogens (tertiary/aromatic N) is 2. The highest BCUT2D eigenvalue weighted by Crippen LogP contribution is 2.22. The Bertz CT molecular complexity index is 907. The number of anilines is 1. The molecule has 0 aliphatic carbocycles. The summed E-state index contributed by atoms with van der Waals surface area (Å²) >= 11 is 3.30. The quantitative estimate of drug-likeness (QED) is 0.824. The molecule has 0 aliphatic rings. The van der Waals surface area contributed by atoms with E-state index in [-0.39, 0.29) is 17.0 Å². The van der Waals surface area contributed by atoms with E-state index < -0.39 is 15.9 Å². The number of benzene rings is 2. The zero-order valence-electron chi connectivity index (χ0n) is 12.7. The Labute approximate surface area is 148 Å². The van der Waals surface area contributed by atoms with Gasteiger partial charge in [-0.05, 0) is 40.2 Å². The first kappa shape index (κ1) is 18.1. The zero-order chi connectivity index (χ0) is 17.7. The van der Waals surface area contributed by atoms with Crippen molar-refractivity contribution in [3.63, 3.8) is 0 Å². The molecule has 124 valence electrons. The van der Waals surface area contributed by atoms with Crippen LogP contribution >= 0.6 is 15.9 Å². The molecule has 0 saturated carbocycles. The van der Waals surface area contributed by atoms with Crippen LogP contribution in [0.15, 0.2) is 57.9 Å². The van der Waals surface area contributed by atoms with Crippen LogP contribution < -0.4 is 5.32 Å². The van der Waals surface area contributed by atoms with Crippen LogP contribution in [0, 0.1) is 11.3 Å². The number of halogens is 1. The number of amides is 1. The van der Waals surface area contributed by atoms with Crippen molar-refractivity contribution in [2.45, 2.75) is 4.90 Å². The molecule has 0 saturated heterocycles. The third-order valence-electron chi connectivity index (χ3n) is 3.21. The van der Waals surface area contributed by atoms with Gasteiger partial charge in [0.05, 0.1) is 22.7 Å². The standard InChI is InChI=1S/C16H14BrN3O3S/c1-20(11-16(21)19-14-8-4-3-7-13(14)17)24(22,23)15-9-5-2-6-12(15)10-18/h2-9H,11H2,1H3,(H,19,21). The lowest BCUT2D eigenvalue weighted by molar-refractivity contribution is -0.116. The summed E-state index contributed by atoms with van der Waals surface area (Å²) in [4.78, 5) is 12.0. The van der Waals surface area contributed by atoms with Gasteiger partial charge in [0, 0.05) is 11.5 Å². The number of likely N-dealkylation sites (N-methyl/N-ethyl adjacent to an activating group) is 1. The minimum Gasteiger partial charge on any atom is -0.324 e. The molecule has 24 heavy (non-hydrogen) atoms. The van der Waals surface area contributed by atoms with Gasteiger partial charge in [0.25, 0.3) is 0 Å². The zero-order valence-corrected chi connectivity index (χ0v) is 15.1. The van der Waals surface area contributed by atoms with Crippen LogP contribution in [0.25, 0.3) is 0 Å². The van der Waals surface area contributed by atoms with Crippen molar-refractivity contribution >= 4 is 37.5 Å². The first-order chi connectivity index (χ1) is 11.4. The molecule has 0 aromatic heterocycles. The second-order valence-electron chi connectivity index (χ2n) is 4.90. The molecule has 0 fully saturated rings. The summed E-state index contributed by atoms with van der Waals surface area (Å²) in [6.45, 7) is -0.372. The second-order valence-corrected chi connectivity index (χ2v) is 7.76. The second kappa shape index (κ2) is 7.57. The maximum Gasteiger partial charge on any atom is 0.244 e. The van der Waals surface area contributed by atoms with Crippen molar-refractivity contribution in [3.05, 3.63) is 58.6 Å². The molecule has 0 radical (unpaired) electrons. The van der Waals surface area contributed by atoms with E-state index in [9.17, 15) is 13.2 Å². The number of carbonyl (C=O) groups is 1. The predicted molar refractivity (Wildman–Crippen MR) is 93.7 cm³/mol. The summed E-state index contributed by atoms with van der Waals surface area (Å²) in [6, 6.07) is 14.7. The fourth-order valence-corrected chi connectivity index (χ4v) is 3.64. The Morgan fingerprint density at radius 2 is 1.83 bits per heavy atom. The molecule has 6 nitrogen and oxygen atoms in total.